The highest BCUT2D eigenvalue weighted by Crippen LogP contribution is 2.26. The lowest BCUT2D eigenvalue weighted by Crippen LogP contribution is -2.47. The van der Waals surface area contributed by atoms with Crippen molar-refractivity contribution in [1.29, 1.82) is 0 Å². The molecule has 0 aliphatic carbocycles. The minimum Gasteiger partial charge on any atom is -0.365 e. The Hall–Kier alpha value is -2.55. The molecule has 27 heavy (non-hydrogen) atoms. The Morgan fingerprint density at radius 2 is 1.89 bits per heavy atom. The highest BCUT2D eigenvalue weighted by atomic mass is 15.3. The number of nitrogens with zero attached hydrogens (tertiary/aromatic N) is 5. The van der Waals surface area contributed by atoms with Gasteiger partial charge in [-0.1, -0.05) is 30.0 Å². The molecule has 0 saturated heterocycles. The third kappa shape index (κ3) is 4.24. The summed E-state index contributed by atoms with van der Waals surface area (Å²) in [6.07, 6.45) is 5.01. The van der Waals surface area contributed by atoms with Gasteiger partial charge in [-0.15, -0.1) is 0 Å². The summed E-state index contributed by atoms with van der Waals surface area (Å²) >= 11 is 0. The molecule has 0 saturated carbocycles. The number of imidazole rings is 1. The maximum absolute atomic E-state index is 4.48. The molecule has 0 spiro atoms. The molecule has 4 rings (SSSR count). The van der Waals surface area contributed by atoms with Crippen molar-refractivity contribution >= 4 is 0 Å². The summed E-state index contributed by atoms with van der Waals surface area (Å²) in [6.45, 7) is 5.81. The topological polar surface area (TPSA) is 27.5 Å². The van der Waals surface area contributed by atoms with Gasteiger partial charge in [0.2, 0.25) is 0 Å². The van der Waals surface area contributed by atoms with E-state index in [1.165, 1.54) is 11.3 Å². The van der Waals surface area contributed by atoms with E-state index in [2.05, 4.69) is 62.3 Å². The van der Waals surface area contributed by atoms with E-state index in [0.717, 1.165) is 57.2 Å². The summed E-state index contributed by atoms with van der Waals surface area (Å²) < 4.78 is 2.11. The molecule has 0 N–H and O–H groups in total. The van der Waals surface area contributed by atoms with Gasteiger partial charge in [0.15, 0.2) is 0 Å². The molecule has 5 heteroatoms. The number of aryl methyl sites for hydroxylation is 1. The van der Waals surface area contributed by atoms with E-state index in [9.17, 15) is 0 Å². The van der Waals surface area contributed by atoms with Crippen molar-refractivity contribution in [2.75, 3.05) is 39.9 Å². The summed E-state index contributed by atoms with van der Waals surface area (Å²) in [7, 11) is 4.28. The van der Waals surface area contributed by atoms with Gasteiger partial charge < -0.3 is 9.47 Å². The van der Waals surface area contributed by atoms with E-state index >= 15 is 0 Å². The van der Waals surface area contributed by atoms with Crippen LogP contribution >= 0.6 is 0 Å². The fourth-order valence-electron chi connectivity index (χ4n) is 3.95. The smallest absolute Gasteiger partial charge is 0.122 e. The molecule has 5 nitrogen and oxygen atoms in total. The summed E-state index contributed by atoms with van der Waals surface area (Å²) in [6, 6.07) is 10.2. The van der Waals surface area contributed by atoms with Gasteiger partial charge in [-0.05, 0) is 17.7 Å². The number of hydrogen-bond acceptors (Lipinski definition) is 4. The van der Waals surface area contributed by atoms with Crippen LogP contribution in [0.1, 0.15) is 17.8 Å². The maximum atomic E-state index is 4.48. The van der Waals surface area contributed by atoms with E-state index in [0.29, 0.717) is 0 Å². The summed E-state index contributed by atoms with van der Waals surface area (Å²) in [5.74, 6) is 7.74. The molecule has 1 aromatic carbocycles. The second kappa shape index (κ2) is 7.99. The molecule has 1 aromatic heterocycles. The summed E-state index contributed by atoms with van der Waals surface area (Å²) in [5, 5.41) is 0. The van der Waals surface area contributed by atoms with Crippen molar-refractivity contribution in [3.8, 4) is 11.8 Å². The van der Waals surface area contributed by atoms with E-state index in [1.54, 1.807) is 0 Å². The fraction of sp³-hybridized carbons (Fsp3) is 0.409. The second-order valence-electron chi connectivity index (χ2n) is 7.46. The first-order chi connectivity index (χ1) is 13.2. The Morgan fingerprint density at radius 3 is 2.67 bits per heavy atom. The number of rotatable bonds is 3. The van der Waals surface area contributed by atoms with E-state index in [4.69, 9.17) is 0 Å². The average molecular weight is 361 g/mol. The molecule has 140 valence electrons. The van der Waals surface area contributed by atoms with Crippen LogP contribution in [0.5, 0.6) is 0 Å². The lowest BCUT2D eigenvalue weighted by Gasteiger charge is -2.42. The van der Waals surface area contributed by atoms with Gasteiger partial charge in [0, 0.05) is 63.8 Å². The first-order valence-electron chi connectivity index (χ1n) is 9.56. The number of hydrogen-bond donors (Lipinski definition) is 0. The zero-order valence-electron chi connectivity index (χ0n) is 16.2. The van der Waals surface area contributed by atoms with Crippen LogP contribution in [-0.4, -0.2) is 64.1 Å². The predicted molar refractivity (Wildman–Crippen MR) is 108 cm³/mol. The highest BCUT2D eigenvalue weighted by molar-refractivity contribution is 5.34. The molecule has 0 amide bonds. The van der Waals surface area contributed by atoms with Crippen LogP contribution in [0.25, 0.3) is 0 Å². The Kier molecular flexibility index (Phi) is 5.28. The summed E-state index contributed by atoms with van der Waals surface area (Å²) in [5.41, 5.74) is 4.15. The van der Waals surface area contributed by atoms with Crippen LogP contribution in [-0.2, 0) is 13.6 Å². The van der Waals surface area contributed by atoms with Gasteiger partial charge in [-0.2, -0.15) is 0 Å². The zero-order chi connectivity index (χ0) is 18.6. The van der Waals surface area contributed by atoms with Crippen LogP contribution in [0.4, 0.5) is 0 Å². The highest BCUT2D eigenvalue weighted by Gasteiger charge is 2.27. The lowest BCUT2D eigenvalue weighted by molar-refractivity contribution is 0.134. The molecule has 0 bridgehead atoms. The molecule has 2 aliphatic heterocycles. The van der Waals surface area contributed by atoms with Crippen molar-refractivity contribution in [3.63, 3.8) is 0 Å². The largest absolute Gasteiger partial charge is 0.365 e. The van der Waals surface area contributed by atoms with Gasteiger partial charge >= 0.3 is 0 Å². The SMILES string of the molecule is CN1CN(Cc2nccn2C)CC2=C1CCN(CC#Cc1ccccc1)C2. The molecule has 0 unspecified atom stereocenters. The second-order valence-corrected chi connectivity index (χ2v) is 7.46. The zero-order valence-corrected chi connectivity index (χ0v) is 16.2. The minimum absolute atomic E-state index is 0.828. The molecular formula is C22H27N5. The number of aromatic nitrogens is 2. The van der Waals surface area contributed by atoms with Crippen molar-refractivity contribution in [2.45, 2.75) is 13.0 Å². The fourth-order valence-corrected chi connectivity index (χ4v) is 3.95. The van der Waals surface area contributed by atoms with Crippen LogP contribution in [0.3, 0.4) is 0 Å². The van der Waals surface area contributed by atoms with Gasteiger partial charge in [0.1, 0.15) is 5.82 Å². The van der Waals surface area contributed by atoms with E-state index < -0.39 is 0 Å². The van der Waals surface area contributed by atoms with Crippen molar-refractivity contribution in [2.24, 2.45) is 7.05 Å². The lowest BCUT2D eigenvalue weighted by atomic mass is 10.0. The molecule has 3 heterocycles. The first kappa shape index (κ1) is 17.8. The molecule has 0 fully saturated rings. The Labute approximate surface area is 161 Å². The molecule has 2 aromatic rings. The molecular weight excluding hydrogens is 334 g/mol. The molecule has 0 radical (unpaired) electrons. The van der Waals surface area contributed by atoms with Crippen molar-refractivity contribution in [1.82, 2.24) is 24.3 Å². The molecule has 0 atom stereocenters. The minimum atomic E-state index is 0.828. The van der Waals surface area contributed by atoms with Gasteiger partial charge in [-0.25, -0.2) is 4.98 Å². The third-order valence-corrected chi connectivity index (χ3v) is 5.37. The Balaban J connectivity index is 1.39. The van der Waals surface area contributed by atoms with Gasteiger partial charge in [0.25, 0.3) is 0 Å². The third-order valence-electron chi connectivity index (χ3n) is 5.37. The predicted octanol–water partition coefficient (Wildman–Crippen LogP) is 2.14. The van der Waals surface area contributed by atoms with Crippen LogP contribution in [0, 0.1) is 11.8 Å². The van der Waals surface area contributed by atoms with Crippen molar-refractivity contribution in [3.05, 3.63) is 65.4 Å². The van der Waals surface area contributed by atoms with Crippen molar-refractivity contribution < 1.29 is 0 Å². The first-order valence-corrected chi connectivity index (χ1v) is 9.56. The average Bonchev–Trinajstić information content (AvgIpc) is 3.07. The maximum Gasteiger partial charge on any atom is 0.122 e. The Morgan fingerprint density at radius 1 is 1.07 bits per heavy atom. The van der Waals surface area contributed by atoms with E-state index in [1.807, 2.05) is 30.6 Å². The van der Waals surface area contributed by atoms with Gasteiger partial charge in [-0.3, -0.25) is 9.80 Å². The molecule has 2 aliphatic rings. The van der Waals surface area contributed by atoms with Gasteiger partial charge in [0.05, 0.1) is 19.8 Å². The normalized spacial score (nSPS) is 18.2. The number of benzene rings is 1. The standard InChI is InChI=1S/C22H27N5/c1-24-14-11-23-22(24)17-27-16-20-15-26(13-10-21(20)25(2)18-27)12-6-9-19-7-4-3-5-8-19/h3-5,7-8,11,14H,10,12-13,15-18H2,1-2H3. The monoisotopic (exact) mass is 361 g/mol. The summed E-state index contributed by atoms with van der Waals surface area (Å²) in [4.78, 5) is 11.8. The quantitative estimate of drug-likeness (QED) is 0.783. The Bertz CT molecular complexity index is 871. The van der Waals surface area contributed by atoms with Crippen LogP contribution in [0.15, 0.2) is 54.0 Å². The van der Waals surface area contributed by atoms with Crippen LogP contribution < -0.4 is 0 Å². The van der Waals surface area contributed by atoms with E-state index in [-0.39, 0.29) is 0 Å². The van der Waals surface area contributed by atoms with Crippen LogP contribution in [0.2, 0.25) is 0 Å².